The van der Waals surface area contributed by atoms with E-state index >= 15 is 0 Å². The van der Waals surface area contributed by atoms with Crippen LogP contribution in [0.4, 0.5) is 4.79 Å². The van der Waals surface area contributed by atoms with Gasteiger partial charge in [0.1, 0.15) is 5.60 Å². The van der Waals surface area contributed by atoms with Crippen molar-refractivity contribution in [3.05, 3.63) is 70.9 Å². The predicted molar refractivity (Wildman–Crippen MR) is 138 cm³/mol. The monoisotopic (exact) mass is 691 g/mol. The molecule has 2 aromatic rings. The van der Waals surface area contributed by atoms with Gasteiger partial charge < -0.3 is 38.0 Å². The average Bonchev–Trinajstić information content (AvgIpc) is 3.12. The Morgan fingerprint density at radius 2 is 1.76 bits per heavy atom. The molecule has 1 amide bonds. The second-order valence-electron chi connectivity index (χ2n) is 8.65. The molecule has 0 saturated heterocycles. The van der Waals surface area contributed by atoms with E-state index in [9.17, 15) is 4.79 Å². The summed E-state index contributed by atoms with van der Waals surface area (Å²) >= 11 is 0. The van der Waals surface area contributed by atoms with Gasteiger partial charge in [0.25, 0.3) is 0 Å². The summed E-state index contributed by atoms with van der Waals surface area (Å²) in [7, 11) is 0. The predicted octanol–water partition coefficient (Wildman–Crippen LogP) is 4.48. The summed E-state index contributed by atoms with van der Waals surface area (Å²) in [5.41, 5.74) is 15.5. The third-order valence-corrected chi connectivity index (χ3v) is 4.45. The van der Waals surface area contributed by atoms with E-state index in [0.717, 1.165) is 22.8 Å². The fourth-order valence-corrected chi connectivity index (χ4v) is 2.66. The fourth-order valence-electron chi connectivity index (χ4n) is 2.66. The molecule has 1 aromatic carbocycles. The molecule has 0 spiro atoms. The summed E-state index contributed by atoms with van der Waals surface area (Å²) in [4.78, 5) is 15.9. The Morgan fingerprint density at radius 3 is 2.26 bits per heavy atom. The Labute approximate surface area is 228 Å². The first-order chi connectivity index (χ1) is 15.5. The van der Waals surface area contributed by atoms with Crippen molar-refractivity contribution in [3.63, 3.8) is 0 Å². The van der Waals surface area contributed by atoms with E-state index in [1.54, 1.807) is 0 Å². The van der Waals surface area contributed by atoms with Gasteiger partial charge in [-0.3, -0.25) is 0 Å². The molecular formula is C26H39N5O2U. The van der Waals surface area contributed by atoms with Gasteiger partial charge in [-0.2, -0.15) is 6.42 Å². The minimum atomic E-state index is -0.519. The summed E-state index contributed by atoms with van der Waals surface area (Å²) in [6.45, 7) is 18.1. The van der Waals surface area contributed by atoms with Gasteiger partial charge in [-0.15, -0.1) is 0 Å². The number of unbranched alkanes of at least 4 members (excludes halogenated alkanes) is 1. The topological polar surface area (TPSA) is 105 Å². The quantitative estimate of drug-likeness (QED) is 0.254. The van der Waals surface area contributed by atoms with Crippen molar-refractivity contribution in [2.24, 2.45) is 10.7 Å². The van der Waals surface area contributed by atoms with E-state index in [0.29, 0.717) is 30.7 Å². The van der Waals surface area contributed by atoms with Crippen LogP contribution in [-0.2, 0) is 17.8 Å². The Kier molecular flexibility index (Phi) is 14.7. The number of hydrogen-bond donors (Lipinski definition) is 2. The number of nitrogens with zero attached hydrogens (tertiary/aromatic N) is 2. The molecule has 0 atom stereocenters. The molecule has 0 bridgehead atoms. The maximum atomic E-state index is 11.8. The van der Waals surface area contributed by atoms with Crippen LogP contribution in [0.3, 0.4) is 0 Å². The number of amidine groups is 1. The molecule has 0 radical (unpaired) electrons. The van der Waals surface area contributed by atoms with Crippen molar-refractivity contribution in [2.45, 2.75) is 72.6 Å². The van der Waals surface area contributed by atoms with Gasteiger partial charge in [-0.05, 0) is 61.3 Å². The molecule has 1 aromatic heterocycles. The summed E-state index contributed by atoms with van der Waals surface area (Å²) in [6.07, 6.45) is 4.32. The standard InChI is InChI=1S/C22H30N5O2.C4H9.U/c1-6-18(23)26-20(24)19-15(2)11-12-27(19)14-17-9-7-16(8-10-17)13-25-21(28)29-22(3,4)5;1-3-4-2;/h7-12,24H,2,6,13-14H2,1,3-5H3,(H2,23,26)(H,25,28);1,3-4H2,2H3;/q2*-1;+2/b20-19+;;. The van der Waals surface area contributed by atoms with Gasteiger partial charge in [-0.25, -0.2) is 4.79 Å². The molecule has 0 aliphatic heterocycles. The van der Waals surface area contributed by atoms with Crippen LogP contribution in [0.5, 0.6) is 0 Å². The van der Waals surface area contributed by atoms with Crippen molar-refractivity contribution >= 4 is 24.3 Å². The molecule has 8 heteroatoms. The van der Waals surface area contributed by atoms with Crippen LogP contribution in [0.2, 0.25) is 0 Å². The number of nitrogens with one attached hydrogen (secondary N) is 2. The number of benzene rings is 1. The Hall–Kier alpha value is -2.17. The molecule has 0 unspecified atom stereocenters. The summed E-state index contributed by atoms with van der Waals surface area (Å²) in [6, 6.07) is 9.76. The molecule has 0 aliphatic carbocycles. The number of aliphatic imine (C=N–C) groups is 1. The Balaban J connectivity index is 0.00000201. The van der Waals surface area contributed by atoms with Crippen LogP contribution in [0.1, 0.15) is 65.0 Å². The molecule has 0 aliphatic rings. The van der Waals surface area contributed by atoms with Gasteiger partial charge in [0.05, 0.1) is 0 Å². The van der Waals surface area contributed by atoms with Crippen LogP contribution in [0, 0.1) is 38.0 Å². The van der Waals surface area contributed by atoms with Gasteiger partial charge in [0, 0.05) is 24.6 Å². The second kappa shape index (κ2) is 15.7. The van der Waals surface area contributed by atoms with E-state index in [-0.39, 0.29) is 36.9 Å². The van der Waals surface area contributed by atoms with Gasteiger partial charge in [0.15, 0.2) is 0 Å². The third kappa shape index (κ3) is 11.8. The molecule has 2 rings (SSSR count). The summed E-state index contributed by atoms with van der Waals surface area (Å²) < 4.78 is 7.17. The van der Waals surface area contributed by atoms with Crippen LogP contribution >= 0.6 is 0 Å². The molecule has 4 N–H and O–H groups in total. The van der Waals surface area contributed by atoms with Crippen molar-refractivity contribution < 1.29 is 40.6 Å². The number of nitrogens with two attached hydrogens (primary N) is 1. The Morgan fingerprint density at radius 1 is 1.21 bits per heavy atom. The van der Waals surface area contributed by atoms with Gasteiger partial charge in [0.2, 0.25) is 0 Å². The van der Waals surface area contributed by atoms with Crippen molar-refractivity contribution in [1.82, 2.24) is 9.88 Å². The first-order valence-electron chi connectivity index (χ1n) is 11.3. The maximum absolute atomic E-state index is 11.8. The number of alkyl carbamates (subject to hydrolysis) is 1. The summed E-state index contributed by atoms with van der Waals surface area (Å²) in [5, 5.41) is 4.13. The maximum Gasteiger partial charge on any atom is 2.00 e. The van der Waals surface area contributed by atoms with Gasteiger partial charge in [-0.1, -0.05) is 51.1 Å². The normalized spacial score (nSPS) is 12.1. The molecule has 0 fully saturated rings. The van der Waals surface area contributed by atoms with Crippen LogP contribution in [0.25, 0.3) is 18.1 Å². The molecule has 1 heterocycles. The minimum absolute atomic E-state index is 0. The molecule has 184 valence electrons. The minimum Gasteiger partial charge on any atom is -0.480 e. The first kappa shape index (κ1) is 31.8. The van der Waals surface area contributed by atoms with Crippen molar-refractivity contribution in [1.29, 1.82) is 0 Å². The van der Waals surface area contributed by atoms with Crippen molar-refractivity contribution in [2.75, 3.05) is 0 Å². The number of ether oxygens (including phenoxy) is 1. The van der Waals surface area contributed by atoms with E-state index in [1.165, 1.54) is 6.42 Å². The van der Waals surface area contributed by atoms with E-state index < -0.39 is 11.7 Å². The number of rotatable bonds is 7. The number of aromatic nitrogens is 1. The SMILES string of the molecule is C=c1ccn(Cc2ccc(CNC(=O)OC(C)(C)C)cc2)/c1=C([NH-])/N=C(/N)CC.[CH2-]CCC.[U+2]. The van der Waals surface area contributed by atoms with Gasteiger partial charge >= 0.3 is 37.2 Å². The zero-order chi connectivity index (χ0) is 25.0. The number of carbonyl (C=O) groups excluding carboxylic acids is 1. The van der Waals surface area contributed by atoms with Crippen molar-refractivity contribution in [3.8, 4) is 0 Å². The summed E-state index contributed by atoms with van der Waals surface area (Å²) in [5.74, 6) is 0.529. The van der Waals surface area contributed by atoms with Crippen LogP contribution < -0.4 is 21.6 Å². The third-order valence-electron chi connectivity index (χ3n) is 4.45. The molecule has 0 saturated carbocycles. The molecule has 34 heavy (non-hydrogen) atoms. The molecule has 7 nitrogen and oxygen atoms in total. The Bertz CT molecular complexity index is 1020. The zero-order valence-electron chi connectivity index (χ0n) is 21.2. The number of carbonyl (C=O) groups is 1. The second-order valence-corrected chi connectivity index (χ2v) is 8.65. The largest absolute Gasteiger partial charge is 2.00 e. The fraction of sp³-hybridized carbons (Fsp3) is 0.423. The van der Waals surface area contributed by atoms with Crippen LogP contribution in [0.15, 0.2) is 41.5 Å². The molecular weight excluding hydrogens is 652 g/mol. The van der Waals surface area contributed by atoms with E-state index in [2.05, 4.69) is 30.7 Å². The van der Waals surface area contributed by atoms with Crippen LogP contribution in [-0.4, -0.2) is 22.1 Å². The average molecular weight is 692 g/mol. The van der Waals surface area contributed by atoms with E-state index in [4.69, 9.17) is 16.2 Å². The zero-order valence-corrected chi connectivity index (χ0v) is 25.4. The van der Waals surface area contributed by atoms with E-state index in [1.807, 2.05) is 68.8 Å². The smallest absolute Gasteiger partial charge is 0.480 e. The number of hydrogen-bond acceptors (Lipinski definition) is 3. The number of amides is 1. The first-order valence-corrected chi connectivity index (χ1v) is 11.3.